The molecular formula is C29H30F4O3. The highest BCUT2D eigenvalue weighted by Gasteiger charge is 2.26. The van der Waals surface area contributed by atoms with Crippen molar-refractivity contribution in [1.82, 2.24) is 0 Å². The summed E-state index contributed by atoms with van der Waals surface area (Å²) in [6, 6.07) is 12.5. The van der Waals surface area contributed by atoms with Crippen LogP contribution in [0.25, 0.3) is 11.1 Å². The van der Waals surface area contributed by atoms with Crippen LogP contribution in [0.1, 0.15) is 55.2 Å². The molecule has 1 aliphatic rings. The molecule has 0 atom stereocenters. The lowest BCUT2D eigenvalue weighted by Crippen LogP contribution is -2.20. The van der Waals surface area contributed by atoms with Crippen LogP contribution in [-0.2, 0) is 22.7 Å². The third-order valence-electron chi connectivity index (χ3n) is 6.82. The van der Waals surface area contributed by atoms with Crippen molar-refractivity contribution in [3.05, 3.63) is 88.5 Å². The van der Waals surface area contributed by atoms with Crippen LogP contribution in [0.2, 0.25) is 0 Å². The molecule has 4 rings (SSSR count). The van der Waals surface area contributed by atoms with Crippen molar-refractivity contribution in [2.75, 3.05) is 13.7 Å². The van der Waals surface area contributed by atoms with E-state index in [4.69, 9.17) is 14.2 Å². The monoisotopic (exact) mass is 502 g/mol. The zero-order chi connectivity index (χ0) is 25.7. The molecule has 1 aliphatic carbocycles. The topological polar surface area (TPSA) is 27.7 Å². The van der Waals surface area contributed by atoms with Crippen LogP contribution in [0.3, 0.4) is 0 Å². The van der Waals surface area contributed by atoms with Crippen LogP contribution in [0.4, 0.5) is 17.6 Å². The molecule has 3 aromatic rings. The van der Waals surface area contributed by atoms with E-state index in [1.807, 2.05) is 0 Å². The Kier molecular flexibility index (Phi) is 8.64. The molecule has 3 aromatic carbocycles. The van der Waals surface area contributed by atoms with Crippen molar-refractivity contribution in [1.29, 1.82) is 0 Å². The second-order valence-electron chi connectivity index (χ2n) is 9.00. The molecule has 0 aromatic heterocycles. The predicted octanol–water partition coefficient (Wildman–Crippen LogP) is 7.70. The van der Waals surface area contributed by atoms with Crippen molar-refractivity contribution in [2.24, 2.45) is 0 Å². The molecule has 1 fully saturated rings. The summed E-state index contributed by atoms with van der Waals surface area (Å²) in [6.45, 7) is 2.02. The number of hydrogen-bond acceptors (Lipinski definition) is 3. The van der Waals surface area contributed by atoms with Crippen LogP contribution < -0.4 is 4.74 Å². The molecule has 0 saturated heterocycles. The van der Waals surface area contributed by atoms with E-state index >= 15 is 0 Å². The molecule has 0 bridgehead atoms. The van der Waals surface area contributed by atoms with Crippen molar-refractivity contribution >= 4 is 0 Å². The maximum atomic E-state index is 14.8. The molecule has 0 aliphatic heterocycles. The Bertz CT molecular complexity index is 1170. The van der Waals surface area contributed by atoms with E-state index in [9.17, 15) is 17.6 Å². The first-order valence-electron chi connectivity index (χ1n) is 12.2. The van der Waals surface area contributed by atoms with E-state index in [1.54, 1.807) is 50.4 Å². The van der Waals surface area contributed by atoms with Crippen LogP contribution in [0.5, 0.6) is 5.75 Å². The molecular weight excluding hydrogens is 472 g/mol. The van der Waals surface area contributed by atoms with Gasteiger partial charge in [0.2, 0.25) is 0 Å². The number of ether oxygens (including phenoxy) is 3. The van der Waals surface area contributed by atoms with Gasteiger partial charge in [-0.15, -0.1) is 0 Å². The van der Waals surface area contributed by atoms with Gasteiger partial charge in [-0.3, -0.25) is 0 Å². The van der Waals surface area contributed by atoms with Gasteiger partial charge in [-0.1, -0.05) is 36.4 Å². The van der Waals surface area contributed by atoms with E-state index in [1.165, 1.54) is 12.1 Å². The first kappa shape index (κ1) is 26.2. The predicted molar refractivity (Wildman–Crippen MR) is 130 cm³/mol. The molecule has 192 valence electrons. The third-order valence-corrected chi connectivity index (χ3v) is 6.82. The first-order valence-corrected chi connectivity index (χ1v) is 12.2. The Morgan fingerprint density at radius 2 is 1.36 bits per heavy atom. The summed E-state index contributed by atoms with van der Waals surface area (Å²) in [4.78, 5) is 0. The molecule has 3 nitrogen and oxygen atoms in total. The second kappa shape index (κ2) is 11.9. The van der Waals surface area contributed by atoms with Crippen molar-refractivity contribution in [3.63, 3.8) is 0 Å². The lowest BCUT2D eigenvalue weighted by atomic mass is 9.82. The van der Waals surface area contributed by atoms with E-state index in [0.717, 1.165) is 25.7 Å². The number of methoxy groups -OCH3 is 1. The van der Waals surface area contributed by atoms with Crippen LogP contribution in [-0.4, -0.2) is 19.8 Å². The van der Waals surface area contributed by atoms with Gasteiger partial charge >= 0.3 is 0 Å². The van der Waals surface area contributed by atoms with Gasteiger partial charge in [-0.2, -0.15) is 0 Å². The van der Waals surface area contributed by atoms with Crippen molar-refractivity contribution in [2.45, 2.75) is 57.8 Å². The maximum Gasteiger partial charge on any atom is 0.167 e. The van der Waals surface area contributed by atoms with Gasteiger partial charge in [0.15, 0.2) is 23.3 Å². The second-order valence-corrected chi connectivity index (χ2v) is 9.00. The van der Waals surface area contributed by atoms with E-state index in [0.29, 0.717) is 23.5 Å². The maximum absolute atomic E-state index is 14.8. The van der Waals surface area contributed by atoms with E-state index in [2.05, 4.69) is 0 Å². The number of rotatable bonds is 9. The van der Waals surface area contributed by atoms with E-state index in [-0.39, 0.29) is 41.9 Å². The standard InChI is InChI=1S/C29H30F4O3/c1-3-35-16-20-8-14-24(28(32)26(20)30)19-6-12-23(13-7-19)36-17-21-9-15-25(29(33)27(21)31)18-4-10-22(34-2)11-5-18/h6-9,12-15,18,22H,3-5,10-11,16-17H2,1-2H3. The summed E-state index contributed by atoms with van der Waals surface area (Å²) in [5.74, 6) is -3.23. The summed E-state index contributed by atoms with van der Waals surface area (Å²) in [6.07, 6.45) is 3.37. The highest BCUT2D eigenvalue weighted by molar-refractivity contribution is 5.65. The van der Waals surface area contributed by atoms with Crippen LogP contribution in [0.15, 0.2) is 48.5 Å². The molecule has 1 saturated carbocycles. The van der Waals surface area contributed by atoms with Gasteiger partial charge in [0, 0.05) is 30.4 Å². The first-order chi connectivity index (χ1) is 17.4. The minimum atomic E-state index is -0.950. The number of benzene rings is 3. The minimum absolute atomic E-state index is 0.000612. The Labute approximate surface area is 209 Å². The number of hydrogen-bond donors (Lipinski definition) is 0. The fraction of sp³-hybridized carbons (Fsp3) is 0.379. The molecule has 0 unspecified atom stereocenters. The Morgan fingerprint density at radius 3 is 2.03 bits per heavy atom. The minimum Gasteiger partial charge on any atom is -0.489 e. The van der Waals surface area contributed by atoms with Crippen LogP contribution >= 0.6 is 0 Å². The van der Waals surface area contributed by atoms with E-state index < -0.39 is 23.3 Å². The van der Waals surface area contributed by atoms with Gasteiger partial charge < -0.3 is 14.2 Å². The summed E-state index contributed by atoms with van der Waals surface area (Å²) >= 11 is 0. The highest BCUT2D eigenvalue weighted by Crippen LogP contribution is 2.36. The lowest BCUT2D eigenvalue weighted by molar-refractivity contribution is 0.0655. The van der Waals surface area contributed by atoms with Gasteiger partial charge in [0.25, 0.3) is 0 Å². The average Bonchev–Trinajstić information content (AvgIpc) is 2.91. The molecule has 0 amide bonds. The summed E-state index contributed by atoms with van der Waals surface area (Å²) in [5, 5.41) is 0. The summed E-state index contributed by atoms with van der Waals surface area (Å²) < 4.78 is 74.7. The molecule has 0 spiro atoms. The zero-order valence-electron chi connectivity index (χ0n) is 20.5. The van der Waals surface area contributed by atoms with Crippen molar-refractivity contribution < 1.29 is 31.8 Å². The Hall–Kier alpha value is -2.90. The fourth-order valence-electron chi connectivity index (χ4n) is 4.67. The normalized spacial score (nSPS) is 17.8. The molecule has 7 heteroatoms. The van der Waals surface area contributed by atoms with Crippen molar-refractivity contribution in [3.8, 4) is 16.9 Å². The van der Waals surface area contributed by atoms with Gasteiger partial charge in [-0.25, -0.2) is 17.6 Å². The molecule has 0 N–H and O–H groups in total. The zero-order valence-corrected chi connectivity index (χ0v) is 20.5. The molecule has 0 heterocycles. The van der Waals surface area contributed by atoms with Gasteiger partial charge in [-0.05, 0) is 61.8 Å². The SMILES string of the molecule is CCOCc1ccc(-c2ccc(OCc3ccc(C4CCC(OC)CC4)c(F)c3F)cc2)c(F)c1F. The molecule has 0 radical (unpaired) electrons. The highest BCUT2D eigenvalue weighted by atomic mass is 19.2. The largest absolute Gasteiger partial charge is 0.489 e. The van der Waals surface area contributed by atoms with Gasteiger partial charge in [0.05, 0.1) is 12.7 Å². The lowest BCUT2D eigenvalue weighted by Gasteiger charge is -2.28. The smallest absolute Gasteiger partial charge is 0.167 e. The van der Waals surface area contributed by atoms with Gasteiger partial charge in [0.1, 0.15) is 12.4 Å². The Balaban J connectivity index is 1.41. The summed E-state index contributed by atoms with van der Waals surface area (Å²) in [5.41, 5.74) is 1.25. The average molecular weight is 503 g/mol. The quantitative estimate of drug-likeness (QED) is 0.281. The fourth-order valence-corrected chi connectivity index (χ4v) is 4.67. The van der Waals surface area contributed by atoms with Crippen LogP contribution in [0, 0.1) is 23.3 Å². The Morgan fingerprint density at radius 1 is 0.722 bits per heavy atom. The third kappa shape index (κ3) is 5.73. The number of halogens is 4. The molecule has 36 heavy (non-hydrogen) atoms. The summed E-state index contributed by atoms with van der Waals surface area (Å²) in [7, 11) is 1.67.